The largest absolute Gasteiger partial charge is 0.486 e. The van der Waals surface area contributed by atoms with Crippen LogP contribution in [0.4, 0.5) is 0 Å². The lowest BCUT2D eigenvalue weighted by atomic mass is 10.2. The summed E-state index contributed by atoms with van der Waals surface area (Å²) in [7, 11) is 1.91. The Kier molecular flexibility index (Phi) is 3.58. The van der Waals surface area contributed by atoms with Crippen molar-refractivity contribution in [1.29, 1.82) is 0 Å². The summed E-state index contributed by atoms with van der Waals surface area (Å²) in [6.07, 6.45) is 4.28. The molecule has 1 aromatic carbocycles. The third-order valence-electron chi connectivity index (χ3n) is 2.38. The molecule has 1 aromatic heterocycles. The summed E-state index contributed by atoms with van der Waals surface area (Å²) >= 11 is 3.36. The Morgan fingerprint density at radius 3 is 2.94 bits per heavy atom. The maximum atomic E-state index is 10.6. The van der Waals surface area contributed by atoms with Crippen LogP contribution >= 0.6 is 15.9 Å². The van der Waals surface area contributed by atoms with Crippen LogP contribution in [0, 0.1) is 0 Å². The summed E-state index contributed by atoms with van der Waals surface area (Å²) in [5, 5.41) is 0. The van der Waals surface area contributed by atoms with Gasteiger partial charge in [0.2, 0.25) is 0 Å². The number of halogens is 1. The van der Waals surface area contributed by atoms with Crippen LogP contribution in [0.15, 0.2) is 35.2 Å². The third kappa shape index (κ3) is 2.74. The van der Waals surface area contributed by atoms with Crippen molar-refractivity contribution in [2.75, 3.05) is 0 Å². The first-order valence-electron chi connectivity index (χ1n) is 5.03. The number of carbonyl (C=O) groups is 1. The van der Waals surface area contributed by atoms with Gasteiger partial charge in [0.25, 0.3) is 0 Å². The molecular formula is C12H11BrN2O2. The van der Waals surface area contributed by atoms with E-state index in [4.69, 9.17) is 4.74 Å². The minimum Gasteiger partial charge on any atom is -0.486 e. The molecule has 2 rings (SSSR count). The molecule has 0 amide bonds. The SMILES string of the molecule is Cn1cncc1COc1ccc(C=O)cc1Br. The highest BCUT2D eigenvalue weighted by Gasteiger charge is 2.04. The van der Waals surface area contributed by atoms with Gasteiger partial charge in [0.05, 0.1) is 22.7 Å². The fourth-order valence-corrected chi connectivity index (χ4v) is 1.89. The number of ether oxygens (including phenoxy) is 1. The fourth-order valence-electron chi connectivity index (χ4n) is 1.38. The van der Waals surface area contributed by atoms with Crippen LogP contribution in [0.3, 0.4) is 0 Å². The highest BCUT2D eigenvalue weighted by molar-refractivity contribution is 9.10. The Hall–Kier alpha value is -1.62. The zero-order chi connectivity index (χ0) is 12.3. The van der Waals surface area contributed by atoms with E-state index in [0.717, 1.165) is 16.5 Å². The second-order valence-corrected chi connectivity index (χ2v) is 4.45. The number of aryl methyl sites for hydroxylation is 1. The quantitative estimate of drug-likeness (QED) is 0.814. The summed E-state index contributed by atoms with van der Waals surface area (Å²) in [6, 6.07) is 5.21. The van der Waals surface area contributed by atoms with Crippen molar-refractivity contribution >= 4 is 22.2 Å². The van der Waals surface area contributed by atoms with Gasteiger partial charge in [-0.05, 0) is 34.1 Å². The minimum absolute atomic E-state index is 0.440. The van der Waals surface area contributed by atoms with Crippen molar-refractivity contribution in [3.63, 3.8) is 0 Å². The first-order valence-corrected chi connectivity index (χ1v) is 5.82. The fraction of sp³-hybridized carbons (Fsp3) is 0.167. The van der Waals surface area contributed by atoms with Crippen molar-refractivity contribution in [2.45, 2.75) is 6.61 Å². The zero-order valence-electron chi connectivity index (χ0n) is 9.26. The van der Waals surface area contributed by atoms with Crippen molar-refractivity contribution in [1.82, 2.24) is 9.55 Å². The van der Waals surface area contributed by atoms with Crippen LogP contribution in [0.25, 0.3) is 0 Å². The predicted octanol–water partition coefficient (Wildman–Crippen LogP) is 2.57. The monoisotopic (exact) mass is 294 g/mol. The standard InChI is InChI=1S/C12H11BrN2O2/c1-15-8-14-5-10(15)7-17-12-3-2-9(6-16)4-11(12)13/h2-6,8H,7H2,1H3. The number of hydrogen-bond donors (Lipinski definition) is 0. The lowest BCUT2D eigenvalue weighted by Crippen LogP contribution is -2.01. The Labute approximate surface area is 107 Å². The number of rotatable bonds is 4. The van der Waals surface area contributed by atoms with Gasteiger partial charge in [0, 0.05) is 12.6 Å². The molecule has 0 saturated heterocycles. The van der Waals surface area contributed by atoms with Crippen LogP contribution in [0.2, 0.25) is 0 Å². The second kappa shape index (κ2) is 5.14. The van der Waals surface area contributed by atoms with Gasteiger partial charge in [-0.1, -0.05) is 0 Å². The lowest BCUT2D eigenvalue weighted by Gasteiger charge is -2.08. The Morgan fingerprint density at radius 2 is 2.35 bits per heavy atom. The van der Waals surface area contributed by atoms with Gasteiger partial charge in [-0.25, -0.2) is 4.98 Å². The summed E-state index contributed by atoms with van der Waals surface area (Å²) < 4.78 is 8.30. The summed E-state index contributed by atoms with van der Waals surface area (Å²) in [5.41, 5.74) is 1.60. The number of carbonyl (C=O) groups excluding carboxylic acids is 1. The number of aromatic nitrogens is 2. The summed E-state index contributed by atoms with van der Waals surface area (Å²) in [5.74, 6) is 0.705. The van der Waals surface area contributed by atoms with Crippen molar-refractivity contribution in [3.8, 4) is 5.75 Å². The van der Waals surface area contributed by atoms with E-state index in [0.29, 0.717) is 17.9 Å². The molecule has 0 spiro atoms. The maximum Gasteiger partial charge on any atom is 0.150 e. The number of hydrogen-bond acceptors (Lipinski definition) is 3. The molecule has 0 radical (unpaired) electrons. The predicted molar refractivity (Wildman–Crippen MR) is 67.1 cm³/mol. The van der Waals surface area contributed by atoms with Crippen molar-refractivity contribution in [3.05, 3.63) is 46.5 Å². The molecule has 0 aliphatic carbocycles. The van der Waals surface area contributed by atoms with Gasteiger partial charge in [0.15, 0.2) is 0 Å². The smallest absolute Gasteiger partial charge is 0.150 e. The van der Waals surface area contributed by atoms with Crippen LogP contribution in [-0.4, -0.2) is 15.8 Å². The molecule has 17 heavy (non-hydrogen) atoms. The molecule has 0 saturated carbocycles. The Bertz CT molecular complexity index is 537. The topological polar surface area (TPSA) is 44.1 Å². The molecule has 5 heteroatoms. The number of aldehydes is 1. The average Bonchev–Trinajstić information content (AvgIpc) is 2.73. The van der Waals surface area contributed by atoms with Gasteiger partial charge >= 0.3 is 0 Å². The van der Waals surface area contributed by atoms with E-state index in [1.807, 2.05) is 11.6 Å². The first kappa shape index (κ1) is 11.9. The van der Waals surface area contributed by atoms with E-state index in [9.17, 15) is 4.79 Å². The van der Waals surface area contributed by atoms with Crippen molar-refractivity contribution < 1.29 is 9.53 Å². The van der Waals surface area contributed by atoms with E-state index in [-0.39, 0.29) is 0 Å². The first-order chi connectivity index (χ1) is 8.20. The maximum absolute atomic E-state index is 10.6. The highest BCUT2D eigenvalue weighted by Crippen LogP contribution is 2.26. The van der Waals surface area contributed by atoms with Crippen LogP contribution < -0.4 is 4.74 Å². The van der Waals surface area contributed by atoms with Gasteiger partial charge in [0.1, 0.15) is 18.6 Å². The van der Waals surface area contributed by atoms with Crippen molar-refractivity contribution in [2.24, 2.45) is 7.05 Å². The molecule has 0 N–H and O–H groups in total. The summed E-state index contributed by atoms with van der Waals surface area (Å²) in [4.78, 5) is 14.6. The summed E-state index contributed by atoms with van der Waals surface area (Å²) in [6.45, 7) is 0.440. The lowest BCUT2D eigenvalue weighted by molar-refractivity contribution is 0.112. The molecule has 0 aliphatic heterocycles. The molecule has 1 heterocycles. The number of benzene rings is 1. The molecule has 0 fully saturated rings. The van der Waals surface area contributed by atoms with E-state index in [1.165, 1.54) is 0 Å². The molecule has 4 nitrogen and oxygen atoms in total. The van der Waals surface area contributed by atoms with Gasteiger partial charge in [-0.3, -0.25) is 4.79 Å². The molecule has 0 atom stereocenters. The third-order valence-corrected chi connectivity index (χ3v) is 3.00. The highest BCUT2D eigenvalue weighted by atomic mass is 79.9. The Morgan fingerprint density at radius 1 is 1.53 bits per heavy atom. The zero-order valence-corrected chi connectivity index (χ0v) is 10.8. The second-order valence-electron chi connectivity index (χ2n) is 3.59. The molecule has 0 bridgehead atoms. The van der Waals surface area contributed by atoms with E-state index >= 15 is 0 Å². The molecular weight excluding hydrogens is 284 g/mol. The molecule has 2 aromatic rings. The van der Waals surface area contributed by atoms with Gasteiger partial charge in [-0.15, -0.1) is 0 Å². The number of imidazole rings is 1. The normalized spacial score (nSPS) is 10.2. The van der Waals surface area contributed by atoms with E-state index in [1.54, 1.807) is 30.7 Å². The Balaban J connectivity index is 2.09. The van der Waals surface area contributed by atoms with Crippen LogP contribution in [0.5, 0.6) is 5.75 Å². The molecule has 0 aliphatic rings. The van der Waals surface area contributed by atoms with Gasteiger partial charge < -0.3 is 9.30 Å². The number of nitrogens with zero attached hydrogens (tertiary/aromatic N) is 2. The van der Waals surface area contributed by atoms with Crippen LogP contribution in [-0.2, 0) is 13.7 Å². The molecule has 0 unspecified atom stereocenters. The van der Waals surface area contributed by atoms with Gasteiger partial charge in [-0.2, -0.15) is 0 Å². The van der Waals surface area contributed by atoms with E-state index < -0.39 is 0 Å². The van der Waals surface area contributed by atoms with Crippen LogP contribution in [0.1, 0.15) is 16.1 Å². The van der Waals surface area contributed by atoms with E-state index in [2.05, 4.69) is 20.9 Å². The average molecular weight is 295 g/mol. The minimum atomic E-state index is 0.440. The molecule has 88 valence electrons.